The number of rotatable bonds is 5. The van der Waals surface area contributed by atoms with Crippen LogP contribution < -0.4 is 11.0 Å². The second kappa shape index (κ2) is 8.44. The molecule has 1 N–H and O–H groups in total. The number of carbonyl (C=O) groups is 1. The fourth-order valence-electron chi connectivity index (χ4n) is 3.40. The summed E-state index contributed by atoms with van der Waals surface area (Å²) >= 11 is 0. The fourth-order valence-corrected chi connectivity index (χ4v) is 4.91. The van der Waals surface area contributed by atoms with E-state index in [0.29, 0.717) is 30.0 Å². The number of hydrogen-bond acceptors (Lipinski definition) is 6. The molecule has 0 spiro atoms. The smallest absolute Gasteiger partial charge is 0.322 e. The van der Waals surface area contributed by atoms with Gasteiger partial charge >= 0.3 is 5.69 Å². The Morgan fingerprint density at radius 3 is 2.16 bits per heavy atom. The van der Waals surface area contributed by atoms with E-state index in [0.717, 1.165) is 28.6 Å². The quantitative estimate of drug-likeness (QED) is 0.638. The molecule has 1 aromatic heterocycles. The minimum atomic E-state index is -3.54. The standard InChI is InChI=1S/C20H22N6O4S/c1-24-20(28)26(23-22-24)17-9-7-16(8-10-17)21-19(27)15-5-11-18(12-6-15)31(29,30)25-13-3-2-4-14-25/h5-12H,2-4,13-14H2,1H3,(H,21,27). The zero-order valence-electron chi connectivity index (χ0n) is 16.9. The first kappa shape index (κ1) is 20.9. The zero-order chi connectivity index (χ0) is 22.0. The maximum absolute atomic E-state index is 12.7. The number of piperidine rings is 1. The van der Waals surface area contributed by atoms with E-state index >= 15 is 0 Å². The third-order valence-electron chi connectivity index (χ3n) is 5.16. The van der Waals surface area contributed by atoms with Crippen LogP contribution in [0.4, 0.5) is 5.69 Å². The number of tetrazole rings is 1. The van der Waals surface area contributed by atoms with Gasteiger partial charge in [-0.15, -0.1) is 0 Å². The molecule has 1 aliphatic heterocycles. The van der Waals surface area contributed by atoms with Crippen molar-refractivity contribution in [3.63, 3.8) is 0 Å². The van der Waals surface area contributed by atoms with Gasteiger partial charge in [0.15, 0.2) is 0 Å². The lowest BCUT2D eigenvalue weighted by molar-refractivity contribution is 0.102. The van der Waals surface area contributed by atoms with E-state index in [1.165, 1.54) is 35.6 Å². The van der Waals surface area contributed by atoms with Crippen molar-refractivity contribution in [3.05, 3.63) is 64.6 Å². The molecule has 0 saturated carbocycles. The van der Waals surface area contributed by atoms with Gasteiger partial charge in [0.2, 0.25) is 10.0 Å². The van der Waals surface area contributed by atoms with Crippen molar-refractivity contribution in [2.24, 2.45) is 7.05 Å². The number of benzene rings is 2. The van der Waals surface area contributed by atoms with Gasteiger partial charge in [-0.05, 0) is 71.8 Å². The molecule has 1 saturated heterocycles. The highest BCUT2D eigenvalue weighted by Gasteiger charge is 2.25. The molecule has 11 heteroatoms. The van der Waals surface area contributed by atoms with Gasteiger partial charge in [-0.3, -0.25) is 4.79 Å². The van der Waals surface area contributed by atoms with E-state index in [-0.39, 0.29) is 16.5 Å². The number of aryl methyl sites for hydroxylation is 1. The van der Waals surface area contributed by atoms with E-state index in [9.17, 15) is 18.0 Å². The van der Waals surface area contributed by atoms with E-state index < -0.39 is 10.0 Å². The predicted molar refractivity (Wildman–Crippen MR) is 114 cm³/mol. The first-order chi connectivity index (χ1) is 14.9. The Morgan fingerprint density at radius 2 is 1.58 bits per heavy atom. The summed E-state index contributed by atoms with van der Waals surface area (Å²) in [5.74, 6) is -0.369. The Labute approximate surface area is 179 Å². The van der Waals surface area contributed by atoms with Crippen LogP contribution in [-0.4, -0.2) is 51.5 Å². The Morgan fingerprint density at radius 1 is 0.935 bits per heavy atom. The Hall–Kier alpha value is -3.31. The van der Waals surface area contributed by atoms with Gasteiger partial charge in [0, 0.05) is 31.4 Å². The van der Waals surface area contributed by atoms with Gasteiger partial charge in [0.25, 0.3) is 5.91 Å². The highest BCUT2D eigenvalue weighted by atomic mass is 32.2. The van der Waals surface area contributed by atoms with Crippen molar-refractivity contribution in [2.75, 3.05) is 18.4 Å². The molecule has 0 bridgehead atoms. The van der Waals surface area contributed by atoms with Crippen LogP contribution in [0.15, 0.2) is 58.2 Å². The summed E-state index contributed by atoms with van der Waals surface area (Å²) in [4.78, 5) is 24.6. The van der Waals surface area contributed by atoms with E-state index in [1.54, 1.807) is 24.3 Å². The van der Waals surface area contributed by atoms with Gasteiger partial charge < -0.3 is 5.32 Å². The summed E-state index contributed by atoms with van der Waals surface area (Å²) in [6.45, 7) is 1.06. The zero-order valence-corrected chi connectivity index (χ0v) is 17.7. The van der Waals surface area contributed by atoms with Gasteiger partial charge in [-0.1, -0.05) is 6.42 Å². The molecular formula is C20H22N6O4S. The van der Waals surface area contributed by atoms with Crippen LogP contribution in [0.5, 0.6) is 0 Å². The molecule has 2 heterocycles. The third-order valence-corrected chi connectivity index (χ3v) is 7.07. The molecular weight excluding hydrogens is 420 g/mol. The van der Waals surface area contributed by atoms with E-state index in [2.05, 4.69) is 15.7 Å². The molecule has 1 fully saturated rings. The van der Waals surface area contributed by atoms with Crippen molar-refractivity contribution < 1.29 is 13.2 Å². The second-order valence-electron chi connectivity index (χ2n) is 7.29. The molecule has 4 rings (SSSR count). The molecule has 0 radical (unpaired) electrons. The maximum atomic E-state index is 12.7. The lowest BCUT2D eigenvalue weighted by atomic mass is 10.2. The van der Waals surface area contributed by atoms with Crippen molar-refractivity contribution in [1.29, 1.82) is 0 Å². The molecule has 0 unspecified atom stereocenters. The molecule has 1 aliphatic rings. The topological polar surface area (TPSA) is 119 Å². The molecule has 0 aliphatic carbocycles. The summed E-state index contributed by atoms with van der Waals surface area (Å²) in [6.07, 6.45) is 2.77. The molecule has 10 nitrogen and oxygen atoms in total. The molecule has 3 aromatic rings. The van der Waals surface area contributed by atoms with Crippen molar-refractivity contribution in [3.8, 4) is 5.69 Å². The van der Waals surface area contributed by atoms with E-state index in [1.807, 2.05) is 0 Å². The number of carbonyl (C=O) groups excluding carboxylic acids is 1. The van der Waals surface area contributed by atoms with Crippen LogP contribution in [0, 0.1) is 0 Å². The van der Waals surface area contributed by atoms with Crippen molar-refractivity contribution in [2.45, 2.75) is 24.2 Å². The van der Waals surface area contributed by atoms with E-state index in [4.69, 9.17) is 0 Å². The maximum Gasteiger partial charge on any atom is 0.368 e. The monoisotopic (exact) mass is 442 g/mol. The average molecular weight is 443 g/mol. The van der Waals surface area contributed by atoms with Gasteiger partial charge in [0.05, 0.1) is 10.6 Å². The summed E-state index contributed by atoms with van der Waals surface area (Å²) in [6, 6.07) is 12.5. The predicted octanol–water partition coefficient (Wildman–Crippen LogP) is 1.39. The summed E-state index contributed by atoms with van der Waals surface area (Å²) in [5.41, 5.74) is 1.00. The number of aromatic nitrogens is 4. The van der Waals surface area contributed by atoms with Crippen LogP contribution in [0.25, 0.3) is 5.69 Å². The molecule has 31 heavy (non-hydrogen) atoms. The minimum Gasteiger partial charge on any atom is -0.322 e. The summed E-state index contributed by atoms with van der Waals surface area (Å²) in [5, 5.41) is 10.2. The lowest BCUT2D eigenvalue weighted by Crippen LogP contribution is -2.35. The first-order valence-corrected chi connectivity index (χ1v) is 11.3. The van der Waals surface area contributed by atoms with Gasteiger partial charge in [0.1, 0.15) is 0 Å². The number of nitrogens with one attached hydrogen (secondary N) is 1. The van der Waals surface area contributed by atoms with Crippen LogP contribution in [0.3, 0.4) is 0 Å². The van der Waals surface area contributed by atoms with Crippen LogP contribution in [0.2, 0.25) is 0 Å². The molecule has 1 amide bonds. The van der Waals surface area contributed by atoms with Gasteiger partial charge in [-0.2, -0.15) is 13.7 Å². The van der Waals surface area contributed by atoms with Crippen LogP contribution in [-0.2, 0) is 17.1 Å². The molecule has 162 valence electrons. The van der Waals surface area contributed by atoms with Crippen molar-refractivity contribution >= 4 is 21.6 Å². The summed E-state index contributed by atoms with van der Waals surface area (Å²) in [7, 11) is -2.03. The lowest BCUT2D eigenvalue weighted by Gasteiger charge is -2.25. The Kier molecular flexibility index (Phi) is 5.70. The minimum absolute atomic E-state index is 0.185. The number of hydrogen-bond donors (Lipinski definition) is 1. The highest BCUT2D eigenvalue weighted by molar-refractivity contribution is 7.89. The normalized spacial score (nSPS) is 15.0. The molecule has 0 atom stereocenters. The van der Waals surface area contributed by atoms with Crippen LogP contribution >= 0.6 is 0 Å². The molecule has 2 aromatic carbocycles. The third kappa shape index (κ3) is 4.28. The average Bonchev–Trinajstić information content (AvgIpc) is 3.13. The fraction of sp³-hybridized carbons (Fsp3) is 0.300. The summed E-state index contributed by atoms with van der Waals surface area (Å²) < 4.78 is 29.2. The number of amides is 1. The second-order valence-corrected chi connectivity index (χ2v) is 9.22. The SMILES string of the molecule is Cn1nnn(-c2ccc(NC(=O)c3ccc(S(=O)(=O)N4CCCCC4)cc3)cc2)c1=O. The number of sulfonamides is 1. The van der Waals surface area contributed by atoms with Crippen LogP contribution in [0.1, 0.15) is 29.6 Å². The number of anilines is 1. The largest absolute Gasteiger partial charge is 0.368 e. The first-order valence-electron chi connectivity index (χ1n) is 9.87. The van der Waals surface area contributed by atoms with Gasteiger partial charge in [-0.25, -0.2) is 13.2 Å². The Balaban J connectivity index is 1.45. The highest BCUT2D eigenvalue weighted by Crippen LogP contribution is 2.21. The number of nitrogens with zero attached hydrogens (tertiary/aromatic N) is 5. The Bertz CT molecular complexity index is 1240. The van der Waals surface area contributed by atoms with Crippen molar-refractivity contribution in [1.82, 2.24) is 24.1 Å².